The third-order valence-corrected chi connectivity index (χ3v) is 2.00. The van der Waals surface area contributed by atoms with Crippen LogP contribution in [0.4, 0.5) is 0 Å². The van der Waals surface area contributed by atoms with E-state index in [1.54, 1.807) is 0 Å². The van der Waals surface area contributed by atoms with E-state index in [9.17, 15) is 9.90 Å². The molecule has 1 unspecified atom stereocenters. The Bertz CT molecular complexity index is 338. The van der Waals surface area contributed by atoms with Gasteiger partial charge in [-0.15, -0.1) is 0 Å². The highest BCUT2D eigenvalue weighted by molar-refractivity contribution is 6.30. The third kappa shape index (κ3) is 1.79. The summed E-state index contributed by atoms with van der Waals surface area (Å²) in [5, 5.41) is 18.2. The molecule has 1 atom stereocenters. The smallest absolute Gasteiger partial charge is 0.340 e. The quantitative estimate of drug-likeness (QED) is 0.701. The molecule has 1 aromatic rings. The molecule has 70 valence electrons. The summed E-state index contributed by atoms with van der Waals surface area (Å²) in [5.74, 6) is -1.36. The molecule has 0 aromatic carbocycles. The maximum absolute atomic E-state index is 10.6. The average Bonchev–Trinajstić information content (AvgIpc) is 2.04. The summed E-state index contributed by atoms with van der Waals surface area (Å²) >= 11 is 5.62. The number of nitrogens with zero attached hydrogens (tertiary/aromatic N) is 1. The van der Waals surface area contributed by atoms with E-state index in [0.717, 1.165) is 6.92 Å². The van der Waals surface area contributed by atoms with Gasteiger partial charge in [0.25, 0.3) is 0 Å². The minimum absolute atomic E-state index is 0.00472. The second-order valence-electron chi connectivity index (χ2n) is 2.72. The fourth-order valence-corrected chi connectivity index (χ4v) is 1.17. The highest BCUT2D eigenvalue weighted by Gasteiger charge is 2.34. The van der Waals surface area contributed by atoms with Crippen LogP contribution in [0.3, 0.4) is 0 Å². The van der Waals surface area contributed by atoms with Crippen molar-refractivity contribution in [3.63, 3.8) is 0 Å². The molecule has 13 heavy (non-hydrogen) atoms. The molecule has 0 aliphatic rings. The maximum atomic E-state index is 10.6. The minimum Gasteiger partial charge on any atom is -0.479 e. The first-order chi connectivity index (χ1) is 5.96. The van der Waals surface area contributed by atoms with Gasteiger partial charge in [-0.3, -0.25) is 0 Å². The van der Waals surface area contributed by atoms with Gasteiger partial charge in [0.15, 0.2) is 5.60 Å². The van der Waals surface area contributed by atoms with Gasteiger partial charge in [0.1, 0.15) is 5.15 Å². The predicted molar refractivity (Wildman–Crippen MR) is 46.5 cm³/mol. The topological polar surface area (TPSA) is 70.4 Å². The molecule has 1 aromatic heterocycles. The number of carboxylic acid groups (broad SMARTS) is 1. The number of aliphatic hydroxyl groups is 1. The van der Waals surface area contributed by atoms with E-state index in [1.807, 2.05) is 0 Å². The van der Waals surface area contributed by atoms with Crippen molar-refractivity contribution in [3.05, 3.63) is 29.0 Å². The SMILES string of the molecule is CC(O)(C(=O)O)c1cccnc1Cl. The van der Waals surface area contributed by atoms with Crippen molar-refractivity contribution in [2.45, 2.75) is 12.5 Å². The van der Waals surface area contributed by atoms with E-state index in [2.05, 4.69) is 4.98 Å². The van der Waals surface area contributed by atoms with Gasteiger partial charge in [0, 0.05) is 11.8 Å². The molecule has 0 saturated carbocycles. The molecule has 0 amide bonds. The second-order valence-corrected chi connectivity index (χ2v) is 3.08. The summed E-state index contributed by atoms with van der Waals surface area (Å²) < 4.78 is 0. The van der Waals surface area contributed by atoms with Crippen LogP contribution >= 0.6 is 11.6 Å². The zero-order valence-corrected chi connectivity index (χ0v) is 7.62. The number of hydrogen-bond donors (Lipinski definition) is 2. The summed E-state index contributed by atoms with van der Waals surface area (Å²) in [6.07, 6.45) is 1.42. The number of rotatable bonds is 2. The summed E-state index contributed by atoms with van der Waals surface area (Å²) in [7, 11) is 0. The minimum atomic E-state index is -1.99. The molecule has 0 aliphatic carbocycles. The van der Waals surface area contributed by atoms with Crippen LogP contribution in [-0.4, -0.2) is 21.2 Å². The van der Waals surface area contributed by atoms with E-state index >= 15 is 0 Å². The molecular weight excluding hydrogens is 194 g/mol. The fourth-order valence-electron chi connectivity index (χ4n) is 0.864. The Morgan fingerprint density at radius 3 is 2.77 bits per heavy atom. The lowest BCUT2D eigenvalue weighted by molar-refractivity contribution is -0.157. The molecular formula is C8H8ClNO3. The van der Waals surface area contributed by atoms with Crippen molar-refractivity contribution < 1.29 is 15.0 Å². The molecule has 1 heterocycles. The Labute approximate surface area is 79.8 Å². The Morgan fingerprint density at radius 2 is 2.31 bits per heavy atom. The van der Waals surface area contributed by atoms with Crippen LogP contribution in [0.5, 0.6) is 0 Å². The Balaban J connectivity index is 3.22. The highest BCUT2D eigenvalue weighted by Crippen LogP contribution is 2.25. The summed E-state index contributed by atoms with van der Waals surface area (Å²) in [6, 6.07) is 2.93. The number of pyridine rings is 1. The fraction of sp³-hybridized carbons (Fsp3) is 0.250. The van der Waals surface area contributed by atoms with Crippen molar-refractivity contribution in [1.29, 1.82) is 0 Å². The number of aliphatic carboxylic acids is 1. The summed E-state index contributed by atoms with van der Waals surface area (Å²) in [5.41, 5.74) is -1.91. The van der Waals surface area contributed by atoms with Crippen molar-refractivity contribution in [2.24, 2.45) is 0 Å². The third-order valence-electron chi connectivity index (χ3n) is 1.70. The lowest BCUT2D eigenvalue weighted by Crippen LogP contribution is -2.32. The number of hydrogen-bond acceptors (Lipinski definition) is 3. The van der Waals surface area contributed by atoms with Gasteiger partial charge in [0.2, 0.25) is 0 Å². The highest BCUT2D eigenvalue weighted by atomic mass is 35.5. The van der Waals surface area contributed by atoms with Crippen LogP contribution < -0.4 is 0 Å². The maximum Gasteiger partial charge on any atom is 0.340 e. The van der Waals surface area contributed by atoms with Crippen LogP contribution in [0.1, 0.15) is 12.5 Å². The molecule has 0 radical (unpaired) electrons. The van der Waals surface area contributed by atoms with Crippen LogP contribution in [0.2, 0.25) is 5.15 Å². The normalized spacial score (nSPS) is 15.0. The van der Waals surface area contributed by atoms with Crippen LogP contribution in [0, 0.1) is 0 Å². The Hall–Kier alpha value is -1.13. The molecule has 0 fully saturated rings. The zero-order chi connectivity index (χ0) is 10.1. The number of aromatic nitrogens is 1. The van der Waals surface area contributed by atoms with Gasteiger partial charge in [-0.05, 0) is 13.0 Å². The van der Waals surface area contributed by atoms with E-state index in [0.29, 0.717) is 0 Å². The largest absolute Gasteiger partial charge is 0.479 e. The first-order valence-electron chi connectivity index (χ1n) is 3.53. The Kier molecular flexibility index (Phi) is 2.54. The first-order valence-corrected chi connectivity index (χ1v) is 3.91. The number of carbonyl (C=O) groups is 1. The standard InChI is InChI=1S/C8H8ClNO3/c1-8(13,7(11)12)5-3-2-4-10-6(5)9/h2-4,13H,1H3,(H,11,12). The van der Waals surface area contributed by atoms with E-state index in [-0.39, 0.29) is 10.7 Å². The second kappa shape index (κ2) is 3.32. The molecule has 0 saturated heterocycles. The molecule has 0 bridgehead atoms. The van der Waals surface area contributed by atoms with Gasteiger partial charge in [-0.1, -0.05) is 17.7 Å². The molecule has 0 spiro atoms. The van der Waals surface area contributed by atoms with Crippen molar-refractivity contribution >= 4 is 17.6 Å². The van der Waals surface area contributed by atoms with Crippen LogP contribution in [-0.2, 0) is 10.4 Å². The van der Waals surface area contributed by atoms with E-state index < -0.39 is 11.6 Å². The molecule has 4 nitrogen and oxygen atoms in total. The summed E-state index contributed by atoms with van der Waals surface area (Å²) in [6.45, 7) is 1.15. The van der Waals surface area contributed by atoms with Crippen molar-refractivity contribution in [1.82, 2.24) is 4.98 Å². The van der Waals surface area contributed by atoms with E-state index in [1.165, 1.54) is 18.3 Å². The Morgan fingerprint density at radius 1 is 1.69 bits per heavy atom. The van der Waals surface area contributed by atoms with Crippen molar-refractivity contribution in [3.8, 4) is 0 Å². The lowest BCUT2D eigenvalue weighted by Gasteiger charge is -2.18. The molecule has 0 aliphatic heterocycles. The van der Waals surface area contributed by atoms with Gasteiger partial charge >= 0.3 is 5.97 Å². The molecule has 1 rings (SSSR count). The number of carboxylic acids is 1. The lowest BCUT2D eigenvalue weighted by atomic mass is 9.98. The first kappa shape index (κ1) is 9.95. The summed E-state index contributed by atoms with van der Waals surface area (Å²) in [4.78, 5) is 14.3. The van der Waals surface area contributed by atoms with Gasteiger partial charge in [-0.2, -0.15) is 0 Å². The van der Waals surface area contributed by atoms with Gasteiger partial charge in [-0.25, -0.2) is 9.78 Å². The van der Waals surface area contributed by atoms with Crippen molar-refractivity contribution in [2.75, 3.05) is 0 Å². The number of halogens is 1. The van der Waals surface area contributed by atoms with Gasteiger partial charge in [0.05, 0.1) is 0 Å². The average molecular weight is 202 g/mol. The van der Waals surface area contributed by atoms with Crippen LogP contribution in [0.25, 0.3) is 0 Å². The van der Waals surface area contributed by atoms with Gasteiger partial charge < -0.3 is 10.2 Å². The molecule has 5 heteroatoms. The molecule has 2 N–H and O–H groups in total. The predicted octanol–water partition coefficient (Wildman–Crippen LogP) is 1.03. The monoisotopic (exact) mass is 201 g/mol. The zero-order valence-electron chi connectivity index (χ0n) is 6.86. The van der Waals surface area contributed by atoms with E-state index in [4.69, 9.17) is 16.7 Å². The van der Waals surface area contributed by atoms with Crippen LogP contribution in [0.15, 0.2) is 18.3 Å².